The van der Waals surface area contributed by atoms with Crippen LogP contribution in [0.4, 0.5) is 0 Å². The summed E-state index contributed by atoms with van der Waals surface area (Å²) in [7, 11) is 2.13. The third-order valence-corrected chi connectivity index (χ3v) is 5.06. The number of likely N-dealkylation sites (tertiary alicyclic amines) is 1. The van der Waals surface area contributed by atoms with Crippen LogP contribution in [0.1, 0.15) is 43.6 Å². The van der Waals surface area contributed by atoms with Crippen molar-refractivity contribution in [1.82, 2.24) is 10.2 Å². The van der Waals surface area contributed by atoms with Crippen molar-refractivity contribution in [1.29, 1.82) is 0 Å². The van der Waals surface area contributed by atoms with Gasteiger partial charge < -0.3 is 5.32 Å². The summed E-state index contributed by atoms with van der Waals surface area (Å²) in [5, 5.41) is 3.54. The summed E-state index contributed by atoms with van der Waals surface area (Å²) in [5.74, 6) is 0.751. The monoisotopic (exact) mass is 258 g/mol. The molecule has 2 heteroatoms. The fourth-order valence-corrected chi connectivity index (χ4v) is 3.97. The molecule has 1 aromatic rings. The molecule has 1 aliphatic heterocycles. The zero-order valence-electron chi connectivity index (χ0n) is 12.0. The topological polar surface area (TPSA) is 15.3 Å². The zero-order chi connectivity index (χ0) is 13.1. The minimum atomic E-state index is 0.711. The van der Waals surface area contributed by atoms with Crippen LogP contribution in [0.25, 0.3) is 0 Å². The van der Waals surface area contributed by atoms with Gasteiger partial charge in [0.25, 0.3) is 0 Å². The SMILES string of the molecule is CNC1CCCCC1N1CCC(c2ccccc2)C1. The maximum Gasteiger partial charge on any atom is 0.0249 e. The van der Waals surface area contributed by atoms with Crippen LogP contribution in [0.2, 0.25) is 0 Å². The number of rotatable bonds is 3. The normalized spacial score (nSPS) is 32.6. The Bertz CT molecular complexity index is 390. The van der Waals surface area contributed by atoms with Gasteiger partial charge in [-0.05, 0) is 44.3 Å². The van der Waals surface area contributed by atoms with Gasteiger partial charge in [0.2, 0.25) is 0 Å². The number of hydrogen-bond donors (Lipinski definition) is 1. The second kappa shape index (κ2) is 6.06. The van der Waals surface area contributed by atoms with Crippen LogP contribution >= 0.6 is 0 Å². The van der Waals surface area contributed by atoms with E-state index in [0.29, 0.717) is 6.04 Å². The first-order valence-corrected chi connectivity index (χ1v) is 7.85. The molecule has 3 unspecified atom stereocenters. The summed E-state index contributed by atoms with van der Waals surface area (Å²) in [4.78, 5) is 2.75. The molecule has 1 saturated carbocycles. The van der Waals surface area contributed by atoms with E-state index in [-0.39, 0.29) is 0 Å². The molecule has 0 radical (unpaired) electrons. The van der Waals surface area contributed by atoms with Crippen LogP contribution in [0.3, 0.4) is 0 Å². The summed E-state index contributed by atoms with van der Waals surface area (Å²) in [5.41, 5.74) is 1.53. The summed E-state index contributed by atoms with van der Waals surface area (Å²) < 4.78 is 0. The van der Waals surface area contributed by atoms with Gasteiger partial charge >= 0.3 is 0 Å². The van der Waals surface area contributed by atoms with Crippen LogP contribution in [0.5, 0.6) is 0 Å². The number of nitrogens with zero attached hydrogens (tertiary/aromatic N) is 1. The lowest BCUT2D eigenvalue weighted by atomic mass is 9.89. The smallest absolute Gasteiger partial charge is 0.0249 e. The Morgan fingerprint density at radius 2 is 1.84 bits per heavy atom. The van der Waals surface area contributed by atoms with Crippen molar-refractivity contribution in [3.63, 3.8) is 0 Å². The van der Waals surface area contributed by atoms with Crippen molar-refractivity contribution in [3.05, 3.63) is 35.9 Å². The molecule has 1 saturated heterocycles. The van der Waals surface area contributed by atoms with Crippen LogP contribution in [0, 0.1) is 0 Å². The third kappa shape index (κ3) is 2.85. The standard InChI is InChI=1S/C17H26N2/c1-18-16-9-5-6-10-17(16)19-12-11-15(13-19)14-7-3-2-4-8-14/h2-4,7-8,15-18H,5-6,9-13H2,1H3. The summed E-state index contributed by atoms with van der Waals surface area (Å²) in [6, 6.07) is 12.5. The van der Waals surface area contributed by atoms with Crippen molar-refractivity contribution in [2.75, 3.05) is 20.1 Å². The fourth-order valence-electron chi connectivity index (χ4n) is 3.97. The van der Waals surface area contributed by atoms with E-state index >= 15 is 0 Å². The Morgan fingerprint density at radius 3 is 2.63 bits per heavy atom. The minimum Gasteiger partial charge on any atom is -0.315 e. The molecule has 1 heterocycles. The summed E-state index contributed by atoms with van der Waals surface area (Å²) in [6.07, 6.45) is 6.88. The lowest BCUT2D eigenvalue weighted by Gasteiger charge is -2.38. The highest BCUT2D eigenvalue weighted by molar-refractivity contribution is 5.21. The van der Waals surface area contributed by atoms with Crippen molar-refractivity contribution >= 4 is 0 Å². The van der Waals surface area contributed by atoms with Crippen LogP contribution in [-0.4, -0.2) is 37.1 Å². The fraction of sp³-hybridized carbons (Fsp3) is 0.647. The predicted molar refractivity (Wildman–Crippen MR) is 80.5 cm³/mol. The van der Waals surface area contributed by atoms with E-state index < -0.39 is 0 Å². The first-order chi connectivity index (χ1) is 9.38. The molecular weight excluding hydrogens is 232 g/mol. The number of benzene rings is 1. The molecule has 104 valence electrons. The van der Waals surface area contributed by atoms with Crippen molar-refractivity contribution in [2.45, 2.75) is 50.1 Å². The van der Waals surface area contributed by atoms with Gasteiger partial charge in [0, 0.05) is 18.6 Å². The van der Waals surface area contributed by atoms with E-state index in [1.54, 1.807) is 0 Å². The Hall–Kier alpha value is -0.860. The first-order valence-electron chi connectivity index (χ1n) is 7.85. The Balaban J connectivity index is 1.65. The van der Waals surface area contributed by atoms with Crippen molar-refractivity contribution in [2.24, 2.45) is 0 Å². The molecule has 2 fully saturated rings. The van der Waals surface area contributed by atoms with E-state index in [4.69, 9.17) is 0 Å². The maximum atomic E-state index is 3.54. The predicted octanol–water partition coefficient (Wildman–Crippen LogP) is 3.01. The van der Waals surface area contributed by atoms with E-state index in [9.17, 15) is 0 Å². The first kappa shape index (κ1) is 13.1. The molecule has 2 nitrogen and oxygen atoms in total. The van der Waals surface area contributed by atoms with Gasteiger partial charge in [-0.1, -0.05) is 43.2 Å². The highest BCUT2D eigenvalue weighted by Gasteiger charge is 2.34. The molecule has 1 N–H and O–H groups in total. The molecule has 2 aliphatic rings. The largest absolute Gasteiger partial charge is 0.315 e. The van der Waals surface area contributed by atoms with Gasteiger partial charge in [-0.15, -0.1) is 0 Å². The Morgan fingerprint density at radius 1 is 1.05 bits per heavy atom. The van der Waals surface area contributed by atoms with Crippen molar-refractivity contribution < 1.29 is 0 Å². The molecular formula is C17H26N2. The molecule has 0 spiro atoms. The molecule has 1 aromatic carbocycles. The van der Waals surface area contributed by atoms with Crippen LogP contribution < -0.4 is 5.32 Å². The second-order valence-electron chi connectivity index (χ2n) is 6.14. The van der Waals surface area contributed by atoms with Gasteiger partial charge in [0.1, 0.15) is 0 Å². The maximum absolute atomic E-state index is 3.54. The van der Waals surface area contributed by atoms with Gasteiger partial charge in [-0.2, -0.15) is 0 Å². The van der Waals surface area contributed by atoms with Gasteiger partial charge in [0.15, 0.2) is 0 Å². The summed E-state index contributed by atoms with van der Waals surface area (Å²) in [6.45, 7) is 2.54. The highest BCUT2D eigenvalue weighted by atomic mass is 15.2. The second-order valence-corrected chi connectivity index (χ2v) is 6.14. The molecule has 0 amide bonds. The number of hydrogen-bond acceptors (Lipinski definition) is 2. The van der Waals surface area contributed by atoms with E-state index in [0.717, 1.165) is 12.0 Å². The van der Waals surface area contributed by atoms with Crippen LogP contribution in [0.15, 0.2) is 30.3 Å². The van der Waals surface area contributed by atoms with Crippen molar-refractivity contribution in [3.8, 4) is 0 Å². The molecule has 0 bridgehead atoms. The molecule has 0 aromatic heterocycles. The van der Waals surface area contributed by atoms with Gasteiger partial charge in [0.05, 0.1) is 0 Å². The molecule has 19 heavy (non-hydrogen) atoms. The average Bonchev–Trinajstić information content (AvgIpc) is 2.98. The minimum absolute atomic E-state index is 0.711. The number of likely N-dealkylation sites (N-methyl/N-ethyl adjacent to an activating group) is 1. The Kier molecular flexibility index (Phi) is 4.19. The van der Waals surface area contributed by atoms with Gasteiger partial charge in [-0.3, -0.25) is 4.90 Å². The summed E-state index contributed by atoms with van der Waals surface area (Å²) >= 11 is 0. The third-order valence-electron chi connectivity index (χ3n) is 5.06. The van der Waals surface area contributed by atoms with Crippen LogP contribution in [-0.2, 0) is 0 Å². The average molecular weight is 258 g/mol. The quantitative estimate of drug-likeness (QED) is 0.896. The lowest BCUT2D eigenvalue weighted by molar-refractivity contribution is 0.151. The zero-order valence-corrected chi connectivity index (χ0v) is 12.0. The number of nitrogens with one attached hydrogen (secondary N) is 1. The molecule has 3 atom stereocenters. The van der Waals surface area contributed by atoms with E-state index in [1.165, 1.54) is 50.8 Å². The lowest BCUT2D eigenvalue weighted by Crippen LogP contribution is -2.49. The highest BCUT2D eigenvalue weighted by Crippen LogP contribution is 2.32. The van der Waals surface area contributed by atoms with Gasteiger partial charge in [-0.25, -0.2) is 0 Å². The van der Waals surface area contributed by atoms with E-state index in [1.807, 2.05) is 0 Å². The Labute approximate surface area is 117 Å². The molecule has 3 rings (SSSR count). The van der Waals surface area contributed by atoms with E-state index in [2.05, 4.69) is 47.6 Å². The molecule has 1 aliphatic carbocycles.